The van der Waals surface area contributed by atoms with Crippen LogP contribution in [0.15, 0.2) is 152 Å². The summed E-state index contributed by atoms with van der Waals surface area (Å²) < 4.78 is 0. The van der Waals surface area contributed by atoms with Crippen molar-refractivity contribution >= 4 is 64.7 Å². The third-order valence-corrected chi connectivity index (χ3v) is 17.9. The first-order valence-electron chi connectivity index (χ1n) is 16.7. The number of nitrogens with zero attached hydrogens (tertiary/aromatic N) is 1. The van der Waals surface area contributed by atoms with Crippen LogP contribution >= 0.6 is 0 Å². The van der Waals surface area contributed by atoms with Gasteiger partial charge < -0.3 is 4.90 Å². The van der Waals surface area contributed by atoms with Crippen molar-refractivity contribution in [2.75, 3.05) is 4.90 Å². The van der Waals surface area contributed by atoms with Crippen molar-refractivity contribution in [1.82, 2.24) is 0 Å². The minimum atomic E-state index is -1.86. The Balaban J connectivity index is 1.25. The van der Waals surface area contributed by atoms with Crippen molar-refractivity contribution in [3.05, 3.63) is 152 Å². The van der Waals surface area contributed by atoms with E-state index in [9.17, 15) is 0 Å². The van der Waals surface area contributed by atoms with Crippen LogP contribution < -0.4 is 25.6 Å². The van der Waals surface area contributed by atoms with Crippen LogP contribution in [0.4, 0.5) is 17.1 Å². The molecular formula is C44H37NSi2. The highest BCUT2D eigenvalue weighted by Crippen LogP contribution is 2.41. The van der Waals surface area contributed by atoms with E-state index >= 15 is 0 Å². The molecule has 7 aromatic rings. The predicted molar refractivity (Wildman–Crippen MR) is 208 cm³/mol. The number of hydrogen-bond donors (Lipinski definition) is 0. The topological polar surface area (TPSA) is 3.24 Å². The van der Waals surface area contributed by atoms with Crippen LogP contribution in [0.3, 0.4) is 0 Å². The van der Waals surface area contributed by atoms with E-state index in [0.29, 0.717) is 0 Å². The van der Waals surface area contributed by atoms with Crippen LogP contribution in [0.5, 0.6) is 0 Å². The fourth-order valence-corrected chi connectivity index (χ4v) is 14.6. The number of benzene rings is 7. The van der Waals surface area contributed by atoms with E-state index < -0.39 is 16.1 Å². The maximum atomic E-state index is 2.51. The lowest BCUT2D eigenvalue weighted by atomic mass is 9.97. The van der Waals surface area contributed by atoms with Gasteiger partial charge in [0.2, 0.25) is 0 Å². The Morgan fingerprint density at radius 3 is 1.47 bits per heavy atom. The maximum absolute atomic E-state index is 2.51. The van der Waals surface area contributed by atoms with Gasteiger partial charge in [0.1, 0.15) is 16.1 Å². The van der Waals surface area contributed by atoms with E-state index in [2.05, 4.69) is 183 Å². The molecule has 0 N–H and O–H groups in total. The van der Waals surface area contributed by atoms with Crippen molar-refractivity contribution in [3.8, 4) is 33.4 Å². The fraction of sp³-hybridized carbons (Fsp3) is 0.0909. The summed E-state index contributed by atoms with van der Waals surface area (Å²) in [4.78, 5) is 2.51. The zero-order valence-corrected chi connectivity index (χ0v) is 29.4. The van der Waals surface area contributed by atoms with Crippen LogP contribution in [0.2, 0.25) is 26.2 Å². The summed E-state index contributed by atoms with van der Waals surface area (Å²) in [5.41, 5.74) is 11.8. The van der Waals surface area contributed by atoms with Crippen LogP contribution in [0.1, 0.15) is 0 Å². The van der Waals surface area contributed by atoms with Gasteiger partial charge in [-0.1, -0.05) is 141 Å². The van der Waals surface area contributed by atoms with E-state index in [-0.39, 0.29) is 0 Å². The SMILES string of the molecule is C[Si]1(C)c2ccccc2-c2ccc(N(c3cccc(-c4cccc5ccccc45)c3)c3ccc4c(c3)[Si](C)(C)c3ccccc3-4)cc21. The molecule has 0 saturated heterocycles. The first kappa shape index (κ1) is 28.3. The maximum Gasteiger partial charge on any atom is 0.113 e. The Hall–Kier alpha value is -4.97. The summed E-state index contributed by atoms with van der Waals surface area (Å²) >= 11 is 0. The first-order chi connectivity index (χ1) is 22.8. The molecule has 0 atom stereocenters. The smallest absolute Gasteiger partial charge is 0.113 e. The van der Waals surface area contributed by atoms with Crippen molar-refractivity contribution in [2.24, 2.45) is 0 Å². The highest BCUT2D eigenvalue weighted by atomic mass is 28.3. The third kappa shape index (κ3) is 4.20. The average molecular weight is 636 g/mol. The van der Waals surface area contributed by atoms with Gasteiger partial charge in [-0.05, 0) is 101 Å². The molecule has 3 heteroatoms. The van der Waals surface area contributed by atoms with E-state index in [1.54, 1.807) is 10.4 Å². The summed E-state index contributed by atoms with van der Waals surface area (Å²) in [6, 6.07) is 57.1. The number of rotatable bonds is 4. The highest BCUT2D eigenvalue weighted by Gasteiger charge is 2.39. The summed E-state index contributed by atoms with van der Waals surface area (Å²) in [7, 11) is -3.71. The van der Waals surface area contributed by atoms with Gasteiger partial charge in [0.15, 0.2) is 0 Å². The average Bonchev–Trinajstić information content (AvgIpc) is 3.47. The Morgan fingerprint density at radius 1 is 0.362 bits per heavy atom. The second kappa shape index (κ2) is 10.3. The molecule has 0 unspecified atom stereocenters. The molecule has 0 saturated carbocycles. The number of hydrogen-bond acceptors (Lipinski definition) is 1. The molecule has 0 radical (unpaired) electrons. The van der Waals surface area contributed by atoms with Crippen LogP contribution in [0, 0.1) is 0 Å². The molecular weight excluding hydrogens is 599 g/mol. The molecule has 0 amide bonds. The predicted octanol–water partition coefficient (Wildman–Crippen LogP) is 9.58. The summed E-state index contributed by atoms with van der Waals surface area (Å²) in [6.07, 6.45) is 0. The van der Waals surface area contributed by atoms with Crippen molar-refractivity contribution < 1.29 is 0 Å². The van der Waals surface area contributed by atoms with Gasteiger partial charge in [-0.25, -0.2) is 0 Å². The van der Waals surface area contributed by atoms with Gasteiger partial charge >= 0.3 is 0 Å². The molecule has 1 nitrogen and oxygen atoms in total. The van der Waals surface area contributed by atoms with Gasteiger partial charge in [-0.2, -0.15) is 0 Å². The number of anilines is 3. The molecule has 2 aliphatic heterocycles. The molecule has 2 aliphatic rings. The molecule has 0 fully saturated rings. The minimum absolute atomic E-state index is 1.18. The quantitative estimate of drug-likeness (QED) is 0.174. The van der Waals surface area contributed by atoms with Crippen molar-refractivity contribution in [3.63, 3.8) is 0 Å². The number of fused-ring (bicyclic) bond motifs is 7. The largest absolute Gasteiger partial charge is 0.310 e. The molecule has 0 aromatic heterocycles. The second-order valence-electron chi connectivity index (χ2n) is 14.2. The normalized spacial score (nSPS) is 14.7. The lowest BCUT2D eigenvalue weighted by molar-refractivity contribution is 1.29. The van der Waals surface area contributed by atoms with Gasteiger partial charge in [-0.3, -0.25) is 0 Å². The molecule has 2 heterocycles. The molecule has 47 heavy (non-hydrogen) atoms. The molecule has 0 bridgehead atoms. The van der Waals surface area contributed by atoms with E-state index in [0.717, 1.165) is 0 Å². The Labute approximate surface area is 279 Å². The van der Waals surface area contributed by atoms with Crippen LogP contribution in [0.25, 0.3) is 44.2 Å². The summed E-state index contributed by atoms with van der Waals surface area (Å²) in [5, 5.41) is 8.68. The monoisotopic (exact) mass is 635 g/mol. The highest BCUT2D eigenvalue weighted by molar-refractivity contribution is 7.04. The molecule has 9 rings (SSSR count). The third-order valence-electron chi connectivity index (χ3n) is 10.9. The molecule has 0 spiro atoms. The van der Waals surface area contributed by atoms with E-state index in [4.69, 9.17) is 0 Å². The van der Waals surface area contributed by atoms with Gasteiger partial charge in [0.25, 0.3) is 0 Å². The Kier molecular flexibility index (Phi) is 6.18. The molecule has 0 aliphatic carbocycles. The first-order valence-corrected chi connectivity index (χ1v) is 22.7. The van der Waals surface area contributed by atoms with Gasteiger partial charge in [-0.15, -0.1) is 0 Å². The second-order valence-corrected chi connectivity index (χ2v) is 22.9. The van der Waals surface area contributed by atoms with Gasteiger partial charge in [0.05, 0.1) is 0 Å². The van der Waals surface area contributed by atoms with Gasteiger partial charge in [0, 0.05) is 17.1 Å². The molecule has 226 valence electrons. The summed E-state index contributed by atoms with van der Waals surface area (Å²) in [6.45, 7) is 10.0. The Bertz CT molecular complexity index is 2270. The van der Waals surface area contributed by atoms with E-state index in [1.807, 2.05) is 0 Å². The lowest BCUT2D eigenvalue weighted by Crippen LogP contribution is -2.49. The van der Waals surface area contributed by atoms with Crippen molar-refractivity contribution in [1.29, 1.82) is 0 Å². The van der Waals surface area contributed by atoms with E-state index in [1.165, 1.54) is 71.6 Å². The zero-order valence-electron chi connectivity index (χ0n) is 27.4. The van der Waals surface area contributed by atoms with Crippen molar-refractivity contribution in [2.45, 2.75) is 26.2 Å². The zero-order chi connectivity index (χ0) is 31.9. The molecule has 7 aromatic carbocycles. The fourth-order valence-electron chi connectivity index (χ4n) is 8.40. The lowest BCUT2D eigenvalue weighted by Gasteiger charge is -2.29. The minimum Gasteiger partial charge on any atom is -0.310 e. The summed E-state index contributed by atoms with van der Waals surface area (Å²) in [5.74, 6) is 0. The standard InChI is InChI=1S/C44H37NSi2/c1-46(2)41-21-9-7-18-37(41)39-25-23-33(28-43(39)46)45(34-24-26-40-38-19-8-10-22-42(38)47(3,4)44(40)29-34)32-16-11-15-31(27-32)36-20-12-14-30-13-5-6-17-35(30)36/h5-29H,1-4H3. The van der Waals surface area contributed by atoms with Crippen LogP contribution in [-0.2, 0) is 0 Å². The van der Waals surface area contributed by atoms with Crippen LogP contribution in [-0.4, -0.2) is 16.1 Å². The Morgan fingerprint density at radius 2 is 0.830 bits per heavy atom.